The molecule has 0 aromatic heterocycles. The summed E-state index contributed by atoms with van der Waals surface area (Å²) in [6.45, 7) is 2.95. The van der Waals surface area contributed by atoms with Gasteiger partial charge in [-0.05, 0) is 6.92 Å². The monoisotopic (exact) mass is 241 g/mol. The fourth-order valence-corrected chi connectivity index (χ4v) is 2.04. The van der Waals surface area contributed by atoms with Gasteiger partial charge in [0, 0.05) is 12.2 Å². The summed E-state index contributed by atoms with van der Waals surface area (Å²) in [6.07, 6.45) is 0.877. The molecule has 0 saturated carbocycles. The lowest BCUT2D eigenvalue weighted by molar-refractivity contribution is -0.120. The zero-order valence-corrected chi connectivity index (χ0v) is 10.0. The topological polar surface area (TPSA) is 74.5 Å². The average molecular weight is 241 g/mol. The van der Waals surface area contributed by atoms with Crippen molar-refractivity contribution in [3.05, 3.63) is 0 Å². The Kier molecular flexibility index (Phi) is 5.90. The van der Waals surface area contributed by atoms with Crippen LogP contribution in [0, 0.1) is 11.3 Å². The maximum atomic E-state index is 11.2. The van der Waals surface area contributed by atoms with Gasteiger partial charge in [-0.25, -0.2) is 0 Å². The molecule has 0 spiro atoms. The van der Waals surface area contributed by atoms with E-state index in [1.165, 1.54) is 11.8 Å². The van der Waals surface area contributed by atoms with Gasteiger partial charge >= 0.3 is 0 Å². The van der Waals surface area contributed by atoms with Crippen molar-refractivity contribution in [3.63, 3.8) is 0 Å². The summed E-state index contributed by atoms with van der Waals surface area (Å²) in [5, 5.41) is 11.7. The third-order valence-corrected chi connectivity index (χ3v) is 2.74. The van der Waals surface area contributed by atoms with Gasteiger partial charge in [-0.3, -0.25) is 9.79 Å². The molecule has 0 saturated heterocycles. The van der Waals surface area contributed by atoms with Crippen molar-refractivity contribution in [2.45, 2.75) is 25.8 Å². The van der Waals surface area contributed by atoms with E-state index in [0.29, 0.717) is 31.2 Å². The number of nitriles is 1. The van der Waals surface area contributed by atoms with Gasteiger partial charge in [-0.15, -0.1) is 0 Å². The van der Waals surface area contributed by atoms with E-state index >= 15 is 0 Å². The largest absolute Gasteiger partial charge is 0.380 e. The number of carbonyl (C=O) groups is 1. The van der Waals surface area contributed by atoms with E-state index in [2.05, 4.69) is 10.3 Å². The van der Waals surface area contributed by atoms with Gasteiger partial charge in [0.1, 0.15) is 0 Å². The lowest BCUT2D eigenvalue weighted by Crippen LogP contribution is -2.36. The molecule has 0 bridgehead atoms. The second-order valence-corrected chi connectivity index (χ2v) is 4.49. The van der Waals surface area contributed by atoms with Crippen LogP contribution in [0.4, 0.5) is 0 Å². The first-order valence-electron chi connectivity index (χ1n) is 5.17. The molecule has 0 fully saturated rings. The van der Waals surface area contributed by atoms with Crippen molar-refractivity contribution < 1.29 is 9.53 Å². The minimum atomic E-state index is 0.0235. The standard InChI is InChI=1S/C10H15N3O2S/c1-8-7-9(14)13-10(12-8)16-6-5-15-4-2-3-11/h8H,2,4-7H2,1H3,(H,12,13,14)/t8-/m1/s1. The van der Waals surface area contributed by atoms with E-state index in [1.54, 1.807) is 0 Å². The molecule has 16 heavy (non-hydrogen) atoms. The average Bonchev–Trinajstić information content (AvgIpc) is 2.22. The lowest BCUT2D eigenvalue weighted by Gasteiger charge is -2.17. The summed E-state index contributed by atoms with van der Waals surface area (Å²) >= 11 is 1.47. The number of amides is 1. The molecule has 1 atom stereocenters. The normalized spacial score (nSPS) is 19.9. The number of ether oxygens (including phenoxy) is 1. The van der Waals surface area contributed by atoms with E-state index in [0.717, 1.165) is 5.75 Å². The van der Waals surface area contributed by atoms with Crippen molar-refractivity contribution in [1.82, 2.24) is 5.32 Å². The van der Waals surface area contributed by atoms with E-state index in [4.69, 9.17) is 10.00 Å². The molecule has 1 N–H and O–H groups in total. The third kappa shape index (κ3) is 5.14. The van der Waals surface area contributed by atoms with Crippen LogP contribution < -0.4 is 5.32 Å². The molecule has 88 valence electrons. The summed E-state index contributed by atoms with van der Waals surface area (Å²) in [7, 11) is 0. The Morgan fingerprint density at radius 2 is 2.50 bits per heavy atom. The first-order valence-corrected chi connectivity index (χ1v) is 6.16. The Morgan fingerprint density at radius 3 is 3.19 bits per heavy atom. The maximum Gasteiger partial charge on any atom is 0.228 e. The van der Waals surface area contributed by atoms with Crippen LogP contribution in [0.1, 0.15) is 19.8 Å². The quantitative estimate of drug-likeness (QED) is 0.726. The van der Waals surface area contributed by atoms with Crippen LogP contribution in [0.25, 0.3) is 0 Å². The first kappa shape index (κ1) is 13.0. The molecule has 6 heteroatoms. The highest BCUT2D eigenvalue weighted by Crippen LogP contribution is 2.10. The minimum Gasteiger partial charge on any atom is -0.380 e. The Balaban J connectivity index is 2.13. The summed E-state index contributed by atoms with van der Waals surface area (Å²) < 4.78 is 5.21. The summed E-state index contributed by atoms with van der Waals surface area (Å²) in [6, 6.07) is 2.07. The van der Waals surface area contributed by atoms with Crippen LogP contribution in [0.2, 0.25) is 0 Å². The highest BCUT2D eigenvalue weighted by molar-refractivity contribution is 8.13. The van der Waals surface area contributed by atoms with Crippen LogP contribution >= 0.6 is 11.8 Å². The highest BCUT2D eigenvalue weighted by atomic mass is 32.2. The summed E-state index contributed by atoms with van der Waals surface area (Å²) in [5.41, 5.74) is 0. The summed E-state index contributed by atoms with van der Waals surface area (Å²) in [5.74, 6) is 0.757. The molecule has 1 rings (SSSR count). The maximum absolute atomic E-state index is 11.2. The number of hydrogen-bond acceptors (Lipinski definition) is 5. The van der Waals surface area contributed by atoms with Crippen LogP contribution in [0.5, 0.6) is 0 Å². The van der Waals surface area contributed by atoms with Gasteiger partial charge in [0.2, 0.25) is 5.91 Å². The van der Waals surface area contributed by atoms with Crippen LogP contribution in [-0.2, 0) is 9.53 Å². The molecule has 0 unspecified atom stereocenters. The number of nitrogens with one attached hydrogen (secondary N) is 1. The fourth-order valence-electron chi connectivity index (χ4n) is 1.21. The van der Waals surface area contributed by atoms with Crippen molar-refractivity contribution in [2.24, 2.45) is 4.99 Å². The van der Waals surface area contributed by atoms with Gasteiger partial charge in [0.15, 0.2) is 5.17 Å². The minimum absolute atomic E-state index is 0.0235. The number of thioether (sulfide) groups is 1. The number of hydrogen-bond donors (Lipinski definition) is 1. The SMILES string of the molecule is C[C@@H]1CC(=O)NC(SCCOCCC#N)=N1. The van der Waals surface area contributed by atoms with Crippen molar-refractivity contribution in [2.75, 3.05) is 19.0 Å². The van der Waals surface area contributed by atoms with Crippen molar-refractivity contribution >= 4 is 22.8 Å². The Morgan fingerprint density at radius 1 is 1.69 bits per heavy atom. The molecule has 1 aliphatic heterocycles. The molecule has 0 aliphatic carbocycles. The molecule has 1 amide bonds. The first-order chi connectivity index (χ1) is 7.72. The Labute approximate surface area is 99.3 Å². The fraction of sp³-hybridized carbons (Fsp3) is 0.700. The molecule has 1 heterocycles. The van der Waals surface area contributed by atoms with E-state index in [1.807, 2.05) is 13.0 Å². The van der Waals surface area contributed by atoms with Crippen molar-refractivity contribution in [1.29, 1.82) is 5.26 Å². The molecular formula is C10H15N3O2S. The summed E-state index contributed by atoms with van der Waals surface area (Å²) in [4.78, 5) is 15.5. The number of aliphatic imine (C=N–C) groups is 1. The number of rotatable bonds is 5. The zero-order valence-electron chi connectivity index (χ0n) is 9.23. The van der Waals surface area contributed by atoms with Crippen LogP contribution in [0.15, 0.2) is 4.99 Å². The second-order valence-electron chi connectivity index (χ2n) is 3.40. The highest BCUT2D eigenvalue weighted by Gasteiger charge is 2.17. The number of amidine groups is 1. The number of nitrogens with zero attached hydrogens (tertiary/aromatic N) is 2. The zero-order chi connectivity index (χ0) is 11.8. The van der Waals surface area contributed by atoms with Gasteiger partial charge in [-0.1, -0.05) is 11.8 Å². The predicted octanol–water partition coefficient (Wildman–Crippen LogP) is 0.914. The smallest absolute Gasteiger partial charge is 0.228 e. The van der Waals surface area contributed by atoms with E-state index in [9.17, 15) is 4.79 Å². The Bertz CT molecular complexity index is 312. The Hall–Kier alpha value is -1.06. The van der Waals surface area contributed by atoms with E-state index < -0.39 is 0 Å². The molecule has 5 nitrogen and oxygen atoms in total. The molecule has 0 radical (unpaired) electrons. The van der Waals surface area contributed by atoms with Gasteiger partial charge in [0.25, 0.3) is 0 Å². The van der Waals surface area contributed by atoms with Gasteiger partial charge < -0.3 is 10.1 Å². The molecule has 0 aromatic rings. The molecule has 1 aliphatic rings. The van der Waals surface area contributed by atoms with Crippen LogP contribution in [-0.4, -0.2) is 36.1 Å². The molecular weight excluding hydrogens is 226 g/mol. The lowest BCUT2D eigenvalue weighted by atomic mass is 10.2. The molecule has 0 aromatic carbocycles. The predicted molar refractivity (Wildman–Crippen MR) is 63.2 cm³/mol. The van der Waals surface area contributed by atoms with Crippen LogP contribution in [0.3, 0.4) is 0 Å². The van der Waals surface area contributed by atoms with Gasteiger partial charge in [0.05, 0.1) is 31.7 Å². The second kappa shape index (κ2) is 7.25. The van der Waals surface area contributed by atoms with Gasteiger partial charge in [-0.2, -0.15) is 5.26 Å². The third-order valence-electron chi connectivity index (χ3n) is 1.89. The van der Waals surface area contributed by atoms with E-state index in [-0.39, 0.29) is 11.9 Å². The van der Waals surface area contributed by atoms with Crippen molar-refractivity contribution in [3.8, 4) is 6.07 Å². The number of carbonyl (C=O) groups excluding carboxylic acids is 1.